The van der Waals surface area contributed by atoms with Crippen molar-refractivity contribution in [2.24, 2.45) is 0 Å². The van der Waals surface area contributed by atoms with Crippen LogP contribution < -0.4 is 10.6 Å². The maximum absolute atomic E-state index is 14.7. The topological polar surface area (TPSA) is 43.4 Å². The van der Waals surface area contributed by atoms with Crippen molar-refractivity contribution in [2.75, 3.05) is 0 Å². The Morgan fingerprint density at radius 3 is 1.77 bits per heavy atom. The summed E-state index contributed by atoms with van der Waals surface area (Å²) in [6.07, 6.45) is -0.384. The summed E-state index contributed by atoms with van der Waals surface area (Å²) in [5.74, 6) is -0.294. The molecule has 4 heteroatoms. The van der Waals surface area contributed by atoms with Gasteiger partial charge in [0.05, 0.1) is 12.1 Å². The highest BCUT2D eigenvalue weighted by Crippen LogP contribution is 2.57. The quantitative estimate of drug-likeness (QED) is 0.423. The first-order chi connectivity index (χ1) is 14.3. The molecule has 0 spiro atoms. The molecule has 0 saturated carbocycles. The standard InChI is InChI=1S/C26H27O3P/c1-26(2,3)20-16-14-19(15-17-20)25-23(18-24(27)29-25)30(28,21-10-6-4-7-11-21)22-12-8-5-9-13-22/h4-17,23,25H,18H2,1-3H3/t23-,25+/m0/s1. The molecule has 1 aliphatic heterocycles. The van der Waals surface area contributed by atoms with Gasteiger partial charge in [0, 0.05) is 10.6 Å². The number of esters is 1. The molecule has 0 bridgehead atoms. The molecule has 0 radical (unpaired) electrons. The highest BCUT2D eigenvalue weighted by Gasteiger charge is 2.49. The van der Waals surface area contributed by atoms with Gasteiger partial charge in [-0.1, -0.05) is 106 Å². The summed E-state index contributed by atoms with van der Waals surface area (Å²) in [6.45, 7) is 6.50. The van der Waals surface area contributed by atoms with Crippen molar-refractivity contribution in [1.82, 2.24) is 0 Å². The molecular weight excluding hydrogens is 391 g/mol. The molecule has 0 aromatic heterocycles. The van der Waals surface area contributed by atoms with Crippen LogP contribution in [0.3, 0.4) is 0 Å². The normalized spacial score (nSPS) is 19.5. The molecule has 3 aromatic carbocycles. The lowest BCUT2D eigenvalue weighted by Gasteiger charge is -2.29. The molecule has 154 valence electrons. The number of ether oxygens (including phenoxy) is 1. The number of hydrogen-bond donors (Lipinski definition) is 0. The van der Waals surface area contributed by atoms with Crippen LogP contribution in [0.25, 0.3) is 0 Å². The van der Waals surface area contributed by atoms with Crippen molar-refractivity contribution >= 4 is 23.7 Å². The maximum Gasteiger partial charge on any atom is 0.307 e. The fourth-order valence-electron chi connectivity index (χ4n) is 4.16. The van der Waals surface area contributed by atoms with Gasteiger partial charge >= 0.3 is 5.97 Å². The zero-order valence-electron chi connectivity index (χ0n) is 17.6. The largest absolute Gasteiger partial charge is 0.457 e. The number of carbonyl (C=O) groups is 1. The fraction of sp³-hybridized carbons (Fsp3) is 0.269. The van der Waals surface area contributed by atoms with Crippen LogP contribution in [0.1, 0.15) is 44.4 Å². The molecule has 0 amide bonds. The Bertz CT molecular complexity index is 1020. The van der Waals surface area contributed by atoms with Crippen LogP contribution in [0.5, 0.6) is 0 Å². The van der Waals surface area contributed by atoms with Crippen LogP contribution in [0.4, 0.5) is 0 Å². The molecule has 1 heterocycles. The Morgan fingerprint density at radius 1 is 0.800 bits per heavy atom. The second-order valence-corrected chi connectivity index (χ2v) is 11.9. The average Bonchev–Trinajstić information content (AvgIpc) is 3.16. The van der Waals surface area contributed by atoms with Crippen LogP contribution in [-0.2, 0) is 19.5 Å². The monoisotopic (exact) mass is 418 g/mol. The highest BCUT2D eigenvalue weighted by atomic mass is 31.2. The Kier molecular flexibility index (Phi) is 5.42. The molecule has 3 aromatic rings. The second kappa shape index (κ2) is 7.89. The minimum Gasteiger partial charge on any atom is -0.457 e. The van der Waals surface area contributed by atoms with Crippen molar-refractivity contribution in [2.45, 2.75) is 44.4 Å². The van der Waals surface area contributed by atoms with Crippen LogP contribution >= 0.6 is 7.14 Å². The van der Waals surface area contributed by atoms with E-state index in [1.807, 2.05) is 72.8 Å². The molecule has 4 rings (SSSR count). The summed E-state index contributed by atoms with van der Waals surface area (Å²) in [5, 5.41) is 1.52. The summed E-state index contributed by atoms with van der Waals surface area (Å²) >= 11 is 0. The fourth-order valence-corrected chi connectivity index (χ4v) is 7.47. The molecule has 0 aliphatic carbocycles. The van der Waals surface area contributed by atoms with E-state index < -0.39 is 18.9 Å². The Balaban J connectivity index is 1.82. The summed E-state index contributed by atoms with van der Waals surface area (Å²) in [7, 11) is -3.12. The first-order valence-electron chi connectivity index (χ1n) is 10.3. The van der Waals surface area contributed by atoms with E-state index in [0.717, 1.165) is 16.2 Å². The first kappa shape index (κ1) is 20.6. The summed E-state index contributed by atoms with van der Waals surface area (Å²) in [5.41, 5.74) is 1.70. The summed E-state index contributed by atoms with van der Waals surface area (Å²) < 4.78 is 20.5. The molecule has 1 saturated heterocycles. The Hall–Kier alpha value is -2.64. The van der Waals surface area contributed by atoms with Gasteiger partial charge in [-0.15, -0.1) is 0 Å². The molecule has 1 aliphatic rings. The van der Waals surface area contributed by atoms with Gasteiger partial charge in [0.1, 0.15) is 6.10 Å². The Labute approximate surface area is 178 Å². The third-order valence-electron chi connectivity index (χ3n) is 5.84. The third-order valence-corrected chi connectivity index (χ3v) is 9.35. The predicted octanol–water partition coefficient (Wildman–Crippen LogP) is 5.35. The van der Waals surface area contributed by atoms with Gasteiger partial charge in [0.25, 0.3) is 0 Å². The predicted molar refractivity (Wildman–Crippen MR) is 122 cm³/mol. The zero-order valence-corrected chi connectivity index (χ0v) is 18.5. The number of cyclic esters (lactones) is 1. The molecule has 30 heavy (non-hydrogen) atoms. The Morgan fingerprint density at radius 2 is 1.30 bits per heavy atom. The van der Waals surface area contributed by atoms with Crippen LogP contribution in [0.2, 0.25) is 0 Å². The molecule has 0 unspecified atom stereocenters. The van der Waals surface area contributed by atoms with Crippen LogP contribution in [0.15, 0.2) is 84.9 Å². The third kappa shape index (κ3) is 3.75. The molecule has 3 nitrogen and oxygen atoms in total. The van der Waals surface area contributed by atoms with Gasteiger partial charge in [-0.3, -0.25) is 4.79 Å². The van der Waals surface area contributed by atoms with Crippen molar-refractivity contribution in [3.63, 3.8) is 0 Å². The molecular formula is C26H27O3P. The van der Waals surface area contributed by atoms with E-state index in [2.05, 4.69) is 32.9 Å². The lowest BCUT2D eigenvalue weighted by molar-refractivity contribution is -0.141. The van der Waals surface area contributed by atoms with Gasteiger partial charge in [-0.25, -0.2) is 0 Å². The average molecular weight is 418 g/mol. The van der Waals surface area contributed by atoms with E-state index in [-0.39, 0.29) is 17.8 Å². The van der Waals surface area contributed by atoms with Gasteiger partial charge in [-0.05, 0) is 16.5 Å². The molecule has 2 atom stereocenters. The van der Waals surface area contributed by atoms with Crippen molar-refractivity contribution in [1.29, 1.82) is 0 Å². The first-order valence-corrected chi connectivity index (χ1v) is 12.1. The summed E-state index contributed by atoms with van der Waals surface area (Å²) in [6, 6.07) is 27.2. The molecule has 1 fully saturated rings. The van der Waals surface area contributed by atoms with E-state index in [9.17, 15) is 9.36 Å². The van der Waals surface area contributed by atoms with E-state index in [1.54, 1.807) is 0 Å². The smallest absolute Gasteiger partial charge is 0.307 e. The second-order valence-electron chi connectivity index (χ2n) is 8.88. The number of hydrogen-bond acceptors (Lipinski definition) is 3. The van der Waals surface area contributed by atoms with Crippen molar-refractivity contribution in [3.05, 3.63) is 96.1 Å². The van der Waals surface area contributed by atoms with Gasteiger partial charge < -0.3 is 9.30 Å². The minimum atomic E-state index is -3.12. The van der Waals surface area contributed by atoms with Gasteiger partial charge in [-0.2, -0.15) is 0 Å². The van der Waals surface area contributed by atoms with E-state index in [4.69, 9.17) is 4.74 Å². The van der Waals surface area contributed by atoms with Crippen LogP contribution in [0, 0.1) is 0 Å². The van der Waals surface area contributed by atoms with E-state index in [0.29, 0.717) is 0 Å². The lowest BCUT2D eigenvalue weighted by Crippen LogP contribution is -2.28. The van der Waals surface area contributed by atoms with E-state index in [1.165, 1.54) is 5.56 Å². The minimum absolute atomic E-state index is 0.0354. The van der Waals surface area contributed by atoms with Crippen molar-refractivity contribution in [3.8, 4) is 0 Å². The number of benzene rings is 3. The highest BCUT2D eigenvalue weighted by molar-refractivity contribution is 7.79. The van der Waals surface area contributed by atoms with Crippen molar-refractivity contribution < 1.29 is 14.1 Å². The molecule has 0 N–H and O–H groups in total. The zero-order chi connectivity index (χ0) is 21.4. The summed E-state index contributed by atoms with van der Waals surface area (Å²) in [4.78, 5) is 12.4. The van der Waals surface area contributed by atoms with Crippen LogP contribution in [-0.4, -0.2) is 11.6 Å². The SMILES string of the molecule is CC(C)(C)c1ccc([C@H]2OC(=O)C[C@@H]2P(=O)(c2ccccc2)c2ccccc2)cc1. The van der Waals surface area contributed by atoms with Gasteiger partial charge in [0.15, 0.2) is 7.14 Å². The number of rotatable bonds is 4. The van der Waals surface area contributed by atoms with E-state index >= 15 is 0 Å². The van der Waals surface area contributed by atoms with Gasteiger partial charge in [0.2, 0.25) is 0 Å². The maximum atomic E-state index is 14.7. The lowest BCUT2D eigenvalue weighted by atomic mass is 9.86. The number of carbonyl (C=O) groups excluding carboxylic acids is 1.